The van der Waals surface area contributed by atoms with Crippen LogP contribution in [0.1, 0.15) is 34.0 Å². The first-order valence-electron chi connectivity index (χ1n) is 7.10. The van der Waals surface area contributed by atoms with E-state index < -0.39 is 0 Å². The van der Waals surface area contributed by atoms with Crippen molar-refractivity contribution in [1.82, 2.24) is 0 Å². The van der Waals surface area contributed by atoms with Crippen molar-refractivity contribution in [3.8, 4) is 5.75 Å². The van der Waals surface area contributed by atoms with Gasteiger partial charge in [-0.1, -0.05) is 48.9 Å². The van der Waals surface area contributed by atoms with Crippen molar-refractivity contribution in [1.29, 1.82) is 0 Å². The molecule has 0 unspecified atom stereocenters. The molecule has 2 nitrogen and oxygen atoms in total. The molecule has 108 valence electrons. The Morgan fingerprint density at radius 3 is 2.48 bits per heavy atom. The molecule has 0 spiro atoms. The summed E-state index contributed by atoms with van der Waals surface area (Å²) in [5.74, 6) is 0.562. The number of ketones is 1. The molecule has 0 fully saturated rings. The third kappa shape index (κ3) is 3.82. The molecule has 0 aromatic heterocycles. The number of benzene rings is 2. The number of methoxy groups -OCH3 is 1. The van der Waals surface area contributed by atoms with Gasteiger partial charge in [0.2, 0.25) is 0 Å². The quantitative estimate of drug-likeness (QED) is 0.597. The highest BCUT2D eigenvalue weighted by atomic mass is 16.5. The minimum Gasteiger partial charge on any atom is -0.496 e. The molecule has 0 aliphatic rings. The Labute approximate surface area is 126 Å². The highest BCUT2D eigenvalue weighted by Gasteiger charge is 2.09. The molecule has 0 aliphatic heterocycles. The third-order valence-corrected chi connectivity index (χ3v) is 3.44. The number of aryl methyl sites for hydroxylation is 2. The van der Waals surface area contributed by atoms with E-state index in [1.807, 2.05) is 43.3 Å². The van der Waals surface area contributed by atoms with Crippen LogP contribution in [0.25, 0.3) is 6.08 Å². The van der Waals surface area contributed by atoms with Crippen LogP contribution in [0.2, 0.25) is 0 Å². The lowest BCUT2D eigenvalue weighted by molar-refractivity contribution is 0.104. The average molecular weight is 280 g/mol. The molecule has 0 radical (unpaired) electrons. The Kier molecular flexibility index (Phi) is 4.94. The molecule has 0 saturated heterocycles. The van der Waals surface area contributed by atoms with Gasteiger partial charge in [0.25, 0.3) is 0 Å². The molecular weight excluding hydrogens is 260 g/mol. The zero-order valence-electron chi connectivity index (χ0n) is 12.7. The van der Waals surface area contributed by atoms with Crippen LogP contribution >= 0.6 is 0 Å². The first kappa shape index (κ1) is 15.0. The molecule has 2 aromatic carbocycles. The largest absolute Gasteiger partial charge is 0.496 e. The first-order valence-corrected chi connectivity index (χ1v) is 7.10. The Morgan fingerprint density at radius 2 is 1.86 bits per heavy atom. The molecule has 0 amide bonds. The van der Waals surface area contributed by atoms with Gasteiger partial charge in [-0.05, 0) is 42.7 Å². The van der Waals surface area contributed by atoms with E-state index in [0.717, 1.165) is 17.5 Å². The molecular formula is C19H20O2. The molecule has 2 aromatic rings. The van der Waals surface area contributed by atoms with Crippen LogP contribution < -0.4 is 4.74 Å². The van der Waals surface area contributed by atoms with E-state index in [1.165, 1.54) is 5.56 Å². The van der Waals surface area contributed by atoms with Crippen LogP contribution in [0.15, 0.2) is 48.5 Å². The van der Waals surface area contributed by atoms with E-state index >= 15 is 0 Å². The highest BCUT2D eigenvalue weighted by molar-refractivity contribution is 6.08. The Hall–Kier alpha value is -2.35. The summed E-state index contributed by atoms with van der Waals surface area (Å²) in [5.41, 5.74) is 3.95. The van der Waals surface area contributed by atoms with Crippen molar-refractivity contribution in [2.75, 3.05) is 7.11 Å². The molecule has 2 heteroatoms. The molecule has 0 heterocycles. The standard InChI is InChI=1S/C19H20O2/c1-4-15-6-8-16(9-7-15)10-11-18(20)17-13-14(2)5-12-19(17)21-3/h5-13H,4H2,1-3H3/b11-10+. The summed E-state index contributed by atoms with van der Waals surface area (Å²) in [5, 5.41) is 0. The second-order valence-electron chi connectivity index (χ2n) is 5.00. The van der Waals surface area contributed by atoms with E-state index in [9.17, 15) is 4.79 Å². The van der Waals surface area contributed by atoms with Gasteiger partial charge in [-0.2, -0.15) is 0 Å². The Morgan fingerprint density at radius 1 is 1.14 bits per heavy atom. The maximum absolute atomic E-state index is 12.3. The van der Waals surface area contributed by atoms with Crippen LogP contribution in [0.3, 0.4) is 0 Å². The topological polar surface area (TPSA) is 26.3 Å². The minimum absolute atomic E-state index is 0.0462. The van der Waals surface area contributed by atoms with Gasteiger partial charge in [0.1, 0.15) is 5.75 Å². The number of hydrogen-bond acceptors (Lipinski definition) is 2. The molecule has 2 rings (SSSR count). The fraction of sp³-hybridized carbons (Fsp3) is 0.211. The van der Waals surface area contributed by atoms with Gasteiger partial charge in [-0.25, -0.2) is 0 Å². The Balaban J connectivity index is 2.20. The summed E-state index contributed by atoms with van der Waals surface area (Å²) in [6.07, 6.45) is 4.45. The van der Waals surface area contributed by atoms with E-state index in [4.69, 9.17) is 4.74 Å². The molecule has 21 heavy (non-hydrogen) atoms. The van der Waals surface area contributed by atoms with E-state index in [-0.39, 0.29) is 5.78 Å². The van der Waals surface area contributed by atoms with E-state index in [0.29, 0.717) is 11.3 Å². The lowest BCUT2D eigenvalue weighted by Crippen LogP contribution is -1.99. The molecule has 0 aliphatic carbocycles. The monoisotopic (exact) mass is 280 g/mol. The van der Waals surface area contributed by atoms with Crippen molar-refractivity contribution in [2.24, 2.45) is 0 Å². The summed E-state index contributed by atoms with van der Waals surface area (Å²) < 4.78 is 5.25. The normalized spacial score (nSPS) is 10.8. The molecule has 0 bridgehead atoms. The third-order valence-electron chi connectivity index (χ3n) is 3.44. The second-order valence-corrected chi connectivity index (χ2v) is 5.00. The maximum Gasteiger partial charge on any atom is 0.189 e. The number of carbonyl (C=O) groups excluding carboxylic acids is 1. The van der Waals surface area contributed by atoms with Crippen molar-refractivity contribution in [3.05, 3.63) is 70.8 Å². The van der Waals surface area contributed by atoms with Gasteiger partial charge in [-0.15, -0.1) is 0 Å². The van der Waals surface area contributed by atoms with Crippen molar-refractivity contribution < 1.29 is 9.53 Å². The first-order chi connectivity index (χ1) is 10.1. The van der Waals surface area contributed by atoms with Crippen molar-refractivity contribution in [2.45, 2.75) is 20.3 Å². The summed E-state index contributed by atoms with van der Waals surface area (Å²) >= 11 is 0. The van der Waals surface area contributed by atoms with Gasteiger partial charge < -0.3 is 4.74 Å². The lowest BCUT2D eigenvalue weighted by atomic mass is 10.0. The highest BCUT2D eigenvalue weighted by Crippen LogP contribution is 2.21. The maximum atomic E-state index is 12.3. The number of ether oxygens (including phenoxy) is 1. The fourth-order valence-electron chi connectivity index (χ4n) is 2.14. The number of rotatable bonds is 5. The minimum atomic E-state index is -0.0462. The molecule has 0 atom stereocenters. The smallest absolute Gasteiger partial charge is 0.189 e. The summed E-state index contributed by atoms with van der Waals surface area (Å²) in [7, 11) is 1.58. The van der Waals surface area contributed by atoms with Crippen LogP contribution in [0, 0.1) is 6.92 Å². The summed E-state index contributed by atoms with van der Waals surface area (Å²) in [4.78, 5) is 12.3. The Bertz CT molecular complexity index is 652. The average Bonchev–Trinajstić information content (AvgIpc) is 2.53. The SMILES string of the molecule is CCc1ccc(/C=C/C(=O)c2cc(C)ccc2OC)cc1. The fourth-order valence-corrected chi connectivity index (χ4v) is 2.14. The van der Waals surface area contributed by atoms with Crippen LogP contribution in [-0.4, -0.2) is 12.9 Å². The molecule has 0 saturated carbocycles. The van der Waals surface area contributed by atoms with Crippen LogP contribution in [0.5, 0.6) is 5.75 Å². The van der Waals surface area contributed by atoms with Crippen molar-refractivity contribution in [3.63, 3.8) is 0 Å². The predicted octanol–water partition coefficient (Wildman–Crippen LogP) is 4.46. The van der Waals surface area contributed by atoms with Gasteiger partial charge in [0.15, 0.2) is 5.78 Å². The predicted molar refractivity (Wildman–Crippen MR) is 86.9 cm³/mol. The van der Waals surface area contributed by atoms with Gasteiger partial charge >= 0.3 is 0 Å². The second kappa shape index (κ2) is 6.89. The molecule has 0 N–H and O–H groups in total. The van der Waals surface area contributed by atoms with Crippen molar-refractivity contribution >= 4 is 11.9 Å². The summed E-state index contributed by atoms with van der Waals surface area (Å²) in [6.45, 7) is 4.09. The number of allylic oxidation sites excluding steroid dienone is 1. The van der Waals surface area contributed by atoms with Crippen LogP contribution in [-0.2, 0) is 6.42 Å². The number of hydrogen-bond donors (Lipinski definition) is 0. The van der Waals surface area contributed by atoms with E-state index in [1.54, 1.807) is 13.2 Å². The van der Waals surface area contributed by atoms with Gasteiger partial charge in [0.05, 0.1) is 12.7 Å². The van der Waals surface area contributed by atoms with Gasteiger partial charge in [0, 0.05) is 0 Å². The van der Waals surface area contributed by atoms with Crippen LogP contribution in [0.4, 0.5) is 0 Å². The zero-order valence-corrected chi connectivity index (χ0v) is 12.7. The number of carbonyl (C=O) groups is 1. The lowest BCUT2D eigenvalue weighted by Gasteiger charge is -2.06. The zero-order chi connectivity index (χ0) is 15.2. The summed E-state index contributed by atoms with van der Waals surface area (Å²) in [6, 6.07) is 13.8. The van der Waals surface area contributed by atoms with Gasteiger partial charge in [-0.3, -0.25) is 4.79 Å². The van der Waals surface area contributed by atoms with E-state index in [2.05, 4.69) is 19.1 Å².